The predicted octanol–water partition coefficient (Wildman–Crippen LogP) is 0.829. The van der Waals surface area contributed by atoms with Gasteiger partial charge in [0.2, 0.25) is 0 Å². The number of hydrogen-bond donors (Lipinski definition) is 1. The molecule has 0 amide bonds. The first-order valence-corrected chi connectivity index (χ1v) is 3.86. The fourth-order valence-electron chi connectivity index (χ4n) is 0.637. The van der Waals surface area contributed by atoms with Gasteiger partial charge >= 0.3 is 0 Å². The summed E-state index contributed by atoms with van der Waals surface area (Å²) < 4.78 is 0. The van der Waals surface area contributed by atoms with Crippen LogP contribution in [0.5, 0.6) is 0 Å². The van der Waals surface area contributed by atoms with E-state index in [1.165, 1.54) is 0 Å². The van der Waals surface area contributed by atoms with Gasteiger partial charge in [0.15, 0.2) is 0 Å². The van der Waals surface area contributed by atoms with E-state index in [0.29, 0.717) is 0 Å². The molecule has 0 saturated heterocycles. The normalized spacial score (nSPS) is 11.5. The fraction of sp³-hybridized carbons (Fsp3) is 0.625. The Labute approximate surface area is 68.6 Å². The lowest BCUT2D eigenvalue weighted by Gasteiger charge is -2.10. The van der Waals surface area contributed by atoms with Gasteiger partial charge < -0.3 is 10.6 Å². The molecule has 2 N–H and O–H groups in total. The van der Waals surface area contributed by atoms with E-state index >= 15 is 0 Å². The summed E-state index contributed by atoms with van der Waals surface area (Å²) in [7, 11) is 1.99. The Morgan fingerprint density at radius 2 is 2.27 bits per heavy atom. The van der Waals surface area contributed by atoms with Gasteiger partial charge in [0, 0.05) is 19.8 Å². The number of allylic oxidation sites excluding steroid dienone is 1. The first-order chi connectivity index (χ1) is 5.31. The molecule has 0 aromatic carbocycles. The van der Waals surface area contributed by atoms with Crippen LogP contribution in [-0.4, -0.2) is 31.4 Å². The van der Waals surface area contributed by atoms with Crippen molar-refractivity contribution >= 4 is 6.34 Å². The van der Waals surface area contributed by atoms with Crippen molar-refractivity contribution in [3.8, 4) is 0 Å². The van der Waals surface area contributed by atoms with Crippen LogP contribution < -0.4 is 5.73 Å². The number of nitrogens with zero attached hydrogens (tertiary/aromatic N) is 2. The van der Waals surface area contributed by atoms with Gasteiger partial charge in [-0.2, -0.15) is 0 Å². The van der Waals surface area contributed by atoms with Crippen molar-refractivity contribution in [1.29, 1.82) is 0 Å². The van der Waals surface area contributed by atoms with Crippen LogP contribution in [0.25, 0.3) is 0 Å². The van der Waals surface area contributed by atoms with Crippen LogP contribution in [0.4, 0.5) is 0 Å². The van der Waals surface area contributed by atoms with Crippen LogP contribution in [0.2, 0.25) is 0 Å². The molecule has 3 nitrogen and oxygen atoms in total. The minimum atomic E-state index is 0.738. The molecule has 0 heterocycles. The Bertz CT molecular complexity index is 129. The smallest absolute Gasteiger partial charge is 0.0902 e. The average molecular weight is 155 g/mol. The Hall–Kier alpha value is -0.830. The lowest BCUT2D eigenvalue weighted by Crippen LogP contribution is -2.19. The zero-order chi connectivity index (χ0) is 8.53. The highest BCUT2D eigenvalue weighted by Gasteiger charge is 1.87. The van der Waals surface area contributed by atoms with Gasteiger partial charge in [0.05, 0.1) is 6.34 Å². The molecule has 0 aliphatic rings. The van der Waals surface area contributed by atoms with Crippen molar-refractivity contribution in [3.63, 3.8) is 0 Å². The second kappa shape index (κ2) is 7.28. The van der Waals surface area contributed by atoms with Crippen LogP contribution in [0.3, 0.4) is 0 Å². The van der Waals surface area contributed by atoms with Crippen molar-refractivity contribution in [2.45, 2.75) is 13.3 Å². The molecule has 3 heteroatoms. The quantitative estimate of drug-likeness (QED) is 0.472. The molecule has 0 aliphatic heterocycles. The first-order valence-electron chi connectivity index (χ1n) is 3.86. The van der Waals surface area contributed by atoms with Crippen LogP contribution in [0.15, 0.2) is 17.3 Å². The van der Waals surface area contributed by atoms with Crippen LogP contribution in [0.1, 0.15) is 13.3 Å². The molecule has 0 bridgehead atoms. The number of nitrogens with two attached hydrogens (primary N) is 1. The molecule has 11 heavy (non-hydrogen) atoms. The summed E-state index contributed by atoms with van der Waals surface area (Å²) in [4.78, 5) is 6.04. The lowest BCUT2D eigenvalue weighted by atomic mass is 10.4. The van der Waals surface area contributed by atoms with Gasteiger partial charge in [-0.3, -0.25) is 0 Å². The van der Waals surface area contributed by atoms with E-state index in [9.17, 15) is 0 Å². The molecular formula is C8H17N3. The number of rotatable bonds is 5. The van der Waals surface area contributed by atoms with E-state index in [4.69, 9.17) is 5.73 Å². The summed E-state index contributed by atoms with van der Waals surface area (Å²) in [5.41, 5.74) is 5.35. The second-order valence-corrected chi connectivity index (χ2v) is 2.37. The molecule has 0 fully saturated rings. The molecule has 0 atom stereocenters. The van der Waals surface area contributed by atoms with Gasteiger partial charge in [-0.05, 0) is 19.9 Å². The highest BCUT2D eigenvalue weighted by molar-refractivity contribution is 5.55. The summed E-state index contributed by atoms with van der Waals surface area (Å²) in [6.07, 6.45) is 6.47. The van der Waals surface area contributed by atoms with E-state index in [1.54, 1.807) is 12.5 Å². The first kappa shape index (κ1) is 10.2. The van der Waals surface area contributed by atoms with Crippen LogP contribution >= 0.6 is 0 Å². The SMILES string of the molecule is C/C=C/N=CN(C)CCCN. The standard InChI is InChI=1S/C8H17N3/c1-3-6-10-8-11(2)7-4-5-9/h3,6,8H,4-5,7,9H2,1-2H3/b6-3+,10-8?. The third-order valence-corrected chi connectivity index (χ3v) is 1.21. The molecule has 64 valence electrons. The zero-order valence-corrected chi connectivity index (χ0v) is 7.33. The lowest BCUT2D eigenvalue weighted by molar-refractivity contribution is 0.505. The number of aliphatic imine (C=N–C) groups is 1. The third kappa shape index (κ3) is 7.06. The van der Waals surface area contributed by atoms with E-state index in [0.717, 1.165) is 19.5 Å². The summed E-state index contributed by atoms with van der Waals surface area (Å²) >= 11 is 0. The maximum Gasteiger partial charge on any atom is 0.0902 e. The number of hydrogen-bond acceptors (Lipinski definition) is 2. The minimum absolute atomic E-state index is 0.738. The molecule has 0 saturated carbocycles. The highest BCUT2D eigenvalue weighted by Crippen LogP contribution is 1.81. The Kier molecular flexibility index (Phi) is 6.73. The fourth-order valence-corrected chi connectivity index (χ4v) is 0.637. The van der Waals surface area contributed by atoms with Crippen molar-refractivity contribution < 1.29 is 0 Å². The summed E-state index contributed by atoms with van der Waals surface area (Å²) in [5, 5.41) is 0. The van der Waals surface area contributed by atoms with Crippen molar-refractivity contribution in [2.24, 2.45) is 10.7 Å². The minimum Gasteiger partial charge on any atom is -0.366 e. The van der Waals surface area contributed by atoms with E-state index in [-0.39, 0.29) is 0 Å². The van der Waals surface area contributed by atoms with E-state index < -0.39 is 0 Å². The second-order valence-electron chi connectivity index (χ2n) is 2.37. The molecule has 0 rings (SSSR count). The molecule has 0 aromatic rings. The van der Waals surface area contributed by atoms with Crippen molar-refractivity contribution in [1.82, 2.24) is 4.90 Å². The van der Waals surface area contributed by atoms with E-state index in [2.05, 4.69) is 4.99 Å². The summed E-state index contributed by atoms with van der Waals surface area (Å²) in [6, 6.07) is 0. The monoisotopic (exact) mass is 155 g/mol. The van der Waals surface area contributed by atoms with Crippen molar-refractivity contribution in [2.75, 3.05) is 20.1 Å². The van der Waals surface area contributed by atoms with Gasteiger partial charge in [0.1, 0.15) is 0 Å². The summed E-state index contributed by atoms with van der Waals surface area (Å²) in [6.45, 7) is 3.65. The Balaban J connectivity index is 3.42. The highest BCUT2D eigenvalue weighted by atomic mass is 15.1. The van der Waals surface area contributed by atoms with E-state index in [1.807, 2.05) is 24.9 Å². The topological polar surface area (TPSA) is 41.6 Å². The molecule has 0 aromatic heterocycles. The molecular weight excluding hydrogens is 138 g/mol. The Morgan fingerprint density at radius 1 is 1.55 bits per heavy atom. The summed E-state index contributed by atoms with van der Waals surface area (Å²) in [5.74, 6) is 0. The zero-order valence-electron chi connectivity index (χ0n) is 7.33. The molecule has 0 unspecified atom stereocenters. The molecule has 0 spiro atoms. The largest absolute Gasteiger partial charge is 0.366 e. The van der Waals surface area contributed by atoms with Crippen LogP contribution in [-0.2, 0) is 0 Å². The van der Waals surface area contributed by atoms with Crippen LogP contribution in [0, 0.1) is 0 Å². The Morgan fingerprint density at radius 3 is 2.82 bits per heavy atom. The third-order valence-electron chi connectivity index (χ3n) is 1.21. The molecule has 0 radical (unpaired) electrons. The van der Waals surface area contributed by atoms with Gasteiger partial charge in [0.25, 0.3) is 0 Å². The van der Waals surface area contributed by atoms with Gasteiger partial charge in [-0.15, -0.1) is 0 Å². The average Bonchev–Trinajstić information content (AvgIpc) is 2.01. The van der Waals surface area contributed by atoms with Crippen molar-refractivity contribution in [3.05, 3.63) is 12.3 Å². The molecule has 0 aliphatic carbocycles. The maximum absolute atomic E-state index is 5.35. The van der Waals surface area contributed by atoms with Gasteiger partial charge in [-0.25, -0.2) is 4.99 Å². The predicted molar refractivity (Wildman–Crippen MR) is 49.6 cm³/mol. The van der Waals surface area contributed by atoms with Gasteiger partial charge in [-0.1, -0.05) is 6.08 Å². The maximum atomic E-state index is 5.35.